The van der Waals surface area contributed by atoms with Gasteiger partial charge in [-0.1, -0.05) is 89.0 Å². The van der Waals surface area contributed by atoms with E-state index < -0.39 is 5.97 Å². The molecule has 2 rings (SSSR count). The van der Waals surface area contributed by atoms with Crippen LogP contribution in [0.2, 0.25) is 0 Å². The number of hydrogen-bond donors (Lipinski definition) is 0. The molecule has 0 aliphatic heterocycles. The van der Waals surface area contributed by atoms with E-state index in [1.165, 1.54) is 69.9 Å². The molecular formula is C23H31N2O3-. The van der Waals surface area contributed by atoms with Gasteiger partial charge >= 0.3 is 0 Å². The summed E-state index contributed by atoms with van der Waals surface area (Å²) in [6, 6.07) is 6.32. The maximum atomic E-state index is 10.8. The number of carboxylic acid groups (broad SMARTS) is 1. The van der Waals surface area contributed by atoms with Crippen LogP contribution in [0.5, 0.6) is 5.75 Å². The third-order valence-corrected chi connectivity index (χ3v) is 4.77. The Morgan fingerprint density at radius 2 is 1.39 bits per heavy atom. The fraction of sp³-hybridized carbons (Fsp3) is 0.522. The van der Waals surface area contributed by atoms with E-state index >= 15 is 0 Å². The molecule has 0 spiro atoms. The summed E-state index contributed by atoms with van der Waals surface area (Å²) in [5, 5.41) is 10.8. The summed E-state index contributed by atoms with van der Waals surface area (Å²) in [5.74, 6) is 0.00500. The van der Waals surface area contributed by atoms with Crippen molar-refractivity contribution in [2.24, 2.45) is 0 Å². The summed E-state index contributed by atoms with van der Waals surface area (Å²) in [6.45, 7) is 2.93. The van der Waals surface area contributed by atoms with Crippen LogP contribution in [-0.2, 0) is 0 Å². The molecule has 0 atom stereocenters. The van der Waals surface area contributed by atoms with Crippen molar-refractivity contribution in [2.45, 2.75) is 71.1 Å². The predicted molar refractivity (Wildman–Crippen MR) is 109 cm³/mol. The number of nitrogens with zero attached hydrogens (tertiary/aromatic N) is 2. The molecular weight excluding hydrogens is 352 g/mol. The molecule has 0 unspecified atom stereocenters. The molecule has 1 aromatic heterocycles. The smallest absolute Gasteiger partial charge is 0.159 e. The highest BCUT2D eigenvalue weighted by Gasteiger charge is 2.03. The van der Waals surface area contributed by atoms with Crippen LogP contribution in [0.1, 0.15) is 81.5 Å². The second-order valence-corrected chi connectivity index (χ2v) is 7.14. The van der Waals surface area contributed by atoms with Gasteiger partial charge in [-0.05, 0) is 12.0 Å². The highest BCUT2D eigenvalue weighted by molar-refractivity contribution is 5.86. The van der Waals surface area contributed by atoms with Crippen LogP contribution in [0, 0.1) is 0 Å². The fourth-order valence-electron chi connectivity index (χ4n) is 3.07. The standard InChI is InChI=1S/C23H32N2O3/c1-2-3-4-5-6-7-8-9-10-11-16-28-21-17-24-22(25-18-21)19-12-14-20(15-13-19)23(26)27/h12-15,17-18H,2-11,16H2,1H3,(H,26,27)/p-1. The van der Waals surface area contributed by atoms with E-state index in [9.17, 15) is 9.90 Å². The lowest BCUT2D eigenvalue weighted by atomic mass is 10.1. The lowest BCUT2D eigenvalue weighted by Gasteiger charge is -2.07. The number of ether oxygens (including phenoxy) is 1. The largest absolute Gasteiger partial charge is 0.545 e. The molecule has 1 aromatic carbocycles. The second kappa shape index (κ2) is 12.9. The second-order valence-electron chi connectivity index (χ2n) is 7.14. The molecule has 28 heavy (non-hydrogen) atoms. The molecule has 2 aromatic rings. The van der Waals surface area contributed by atoms with Crippen molar-refractivity contribution >= 4 is 5.97 Å². The van der Waals surface area contributed by atoms with Crippen molar-refractivity contribution in [3.05, 3.63) is 42.2 Å². The Kier molecular flexibility index (Phi) is 10.0. The summed E-state index contributed by atoms with van der Waals surface area (Å²) >= 11 is 0. The normalized spacial score (nSPS) is 10.8. The van der Waals surface area contributed by atoms with E-state index in [0.717, 1.165) is 12.0 Å². The van der Waals surface area contributed by atoms with Gasteiger partial charge in [0.15, 0.2) is 11.6 Å². The molecule has 0 N–H and O–H groups in total. The molecule has 5 nitrogen and oxygen atoms in total. The molecule has 0 amide bonds. The first-order valence-corrected chi connectivity index (χ1v) is 10.5. The third-order valence-electron chi connectivity index (χ3n) is 4.77. The predicted octanol–water partition coefficient (Wildman–Crippen LogP) is 4.81. The molecule has 1 heterocycles. The van der Waals surface area contributed by atoms with E-state index in [2.05, 4.69) is 16.9 Å². The van der Waals surface area contributed by atoms with Crippen LogP contribution < -0.4 is 9.84 Å². The van der Waals surface area contributed by atoms with Crippen LogP contribution in [-0.4, -0.2) is 22.5 Å². The molecule has 5 heteroatoms. The Morgan fingerprint density at radius 3 is 1.93 bits per heavy atom. The monoisotopic (exact) mass is 383 g/mol. The van der Waals surface area contributed by atoms with Gasteiger partial charge in [-0.3, -0.25) is 0 Å². The topological polar surface area (TPSA) is 75.1 Å². The molecule has 0 saturated carbocycles. The molecule has 0 aliphatic carbocycles. The minimum atomic E-state index is -1.19. The Morgan fingerprint density at radius 1 is 0.857 bits per heavy atom. The van der Waals surface area contributed by atoms with E-state index in [4.69, 9.17) is 4.74 Å². The van der Waals surface area contributed by atoms with Gasteiger partial charge in [0, 0.05) is 5.56 Å². The van der Waals surface area contributed by atoms with Crippen LogP contribution >= 0.6 is 0 Å². The number of hydrogen-bond acceptors (Lipinski definition) is 5. The molecule has 152 valence electrons. The number of carbonyl (C=O) groups excluding carboxylic acids is 1. The number of aromatic nitrogens is 2. The number of rotatable bonds is 14. The van der Waals surface area contributed by atoms with Gasteiger partial charge in [0.2, 0.25) is 0 Å². The fourth-order valence-corrected chi connectivity index (χ4v) is 3.07. The van der Waals surface area contributed by atoms with Crippen molar-refractivity contribution in [1.29, 1.82) is 0 Å². The van der Waals surface area contributed by atoms with Gasteiger partial charge in [0.1, 0.15) is 0 Å². The highest BCUT2D eigenvalue weighted by atomic mass is 16.5. The summed E-state index contributed by atoms with van der Waals surface area (Å²) in [6.07, 6.45) is 16.3. The van der Waals surface area contributed by atoms with Gasteiger partial charge < -0.3 is 14.6 Å². The molecule has 0 radical (unpaired) electrons. The molecule has 0 fully saturated rings. The van der Waals surface area contributed by atoms with Crippen molar-refractivity contribution in [2.75, 3.05) is 6.61 Å². The maximum absolute atomic E-state index is 10.8. The molecule has 0 aliphatic rings. The van der Waals surface area contributed by atoms with E-state index in [1.54, 1.807) is 24.5 Å². The van der Waals surface area contributed by atoms with Crippen molar-refractivity contribution < 1.29 is 14.6 Å². The number of aromatic carboxylic acids is 1. The van der Waals surface area contributed by atoms with Crippen LogP contribution in [0.4, 0.5) is 0 Å². The van der Waals surface area contributed by atoms with Gasteiger partial charge in [-0.2, -0.15) is 0 Å². The average Bonchev–Trinajstić information content (AvgIpc) is 2.72. The van der Waals surface area contributed by atoms with Crippen molar-refractivity contribution in [3.63, 3.8) is 0 Å². The number of unbranched alkanes of at least 4 members (excludes halogenated alkanes) is 9. The summed E-state index contributed by atoms with van der Waals surface area (Å²) < 4.78 is 5.71. The first kappa shape index (κ1) is 21.9. The third kappa shape index (κ3) is 8.07. The maximum Gasteiger partial charge on any atom is 0.159 e. The number of benzene rings is 1. The summed E-state index contributed by atoms with van der Waals surface area (Å²) in [5.41, 5.74) is 0.895. The van der Waals surface area contributed by atoms with Crippen molar-refractivity contribution in [1.82, 2.24) is 9.97 Å². The van der Waals surface area contributed by atoms with E-state index in [1.807, 2.05) is 0 Å². The average molecular weight is 384 g/mol. The van der Waals surface area contributed by atoms with E-state index in [-0.39, 0.29) is 5.56 Å². The molecule has 0 saturated heterocycles. The van der Waals surface area contributed by atoms with Crippen molar-refractivity contribution in [3.8, 4) is 17.1 Å². The van der Waals surface area contributed by atoms with Crippen LogP contribution in [0.3, 0.4) is 0 Å². The Hall–Kier alpha value is -2.43. The first-order chi connectivity index (χ1) is 13.7. The summed E-state index contributed by atoms with van der Waals surface area (Å²) in [4.78, 5) is 19.4. The van der Waals surface area contributed by atoms with Crippen LogP contribution in [0.15, 0.2) is 36.7 Å². The van der Waals surface area contributed by atoms with E-state index in [0.29, 0.717) is 18.2 Å². The summed E-state index contributed by atoms with van der Waals surface area (Å²) in [7, 11) is 0. The quantitative estimate of drug-likeness (QED) is 0.438. The van der Waals surface area contributed by atoms with Gasteiger partial charge in [-0.25, -0.2) is 9.97 Å². The van der Waals surface area contributed by atoms with Gasteiger partial charge in [-0.15, -0.1) is 0 Å². The Balaban J connectivity index is 1.59. The van der Waals surface area contributed by atoms with Gasteiger partial charge in [0.05, 0.1) is 25.0 Å². The minimum Gasteiger partial charge on any atom is -0.545 e. The zero-order chi connectivity index (χ0) is 20.0. The number of carbonyl (C=O) groups is 1. The van der Waals surface area contributed by atoms with Gasteiger partial charge in [0.25, 0.3) is 0 Å². The Bertz CT molecular complexity index is 684. The lowest BCUT2D eigenvalue weighted by Crippen LogP contribution is -2.21. The minimum absolute atomic E-state index is 0.139. The first-order valence-electron chi connectivity index (χ1n) is 10.5. The van der Waals surface area contributed by atoms with Crippen LogP contribution in [0.25, 0.3) is 11.4 Å². The highest BCUT2D eigenvalue weighted by Crippen LogP contribution is 2.17. The Labute approximate surface area is 168 Å². The molecule has 0 bridgehead atoms. The SMILES string of the molecule is CCCCCCCCCCCCOc1cnc(-c2ccc(C(=O)[O-])cc2)nc1. The number of carboxylic acids is 1. The zero-order valence-electron chi connectivity index (χ0n) is 16.9. The zero-order valence-corrected chi connectivity index (χ0v) is 16.9. The lowest BCUT2D eigenvalue weighted by molar-refractivity contribution is -0.255.